The Labute approximate surface area is 151 Å². The number of anilines is 2. The first kappa shape index (κ1) is 16.4. The van der Waals surface area contributed by atoms with Crippen molar-refractivity contribution in [2.24, 2.45) is 0 Å². The van der Waals surface area contributed by atoms with Gasteiger partial charge >= 0.3 is 0 Å². The summed E-state index contributed by atoms with van der Waals surface area (Å²) >= 11 is 6.46. The Morgan fingerprint density at radius 2 is 2.00 bits per heavy atom. The summed E-state index contributed by atoms with van der Waals surface area (Å²) in [5, 5.41) is 14.2. The van der Waals surface area contributed by atoms with E-state index in [1.54, 1.807) is 6.07 Å². The fraction of sp³-hybridized carbons (Fsp3) is 0.471. The average Bonchev–Trinajstić information content (AvgIpc) is 3.32. The normalized spacial score (nSPS) is 18.4. The summed E-state index contributed by atoms with van der Waals surface area (Å²) in [6.45, 7) is 3.94. The van der Waals surface area contributed by atoms with Gasteiger partial charge in [0.15, 0.2) is 5.69 Å². The van der Waals surface area contributed by atoms with Crippen LogP contribution in [0.4, 0.5) is 11.4 Å². The Balaban J connectivity index is 1.47. The molecular weight excluding hydrogens is 340 g/mol. The van der Waals surface area contributed by atoms with Gasteiger partial charge in [-0.2, -0.15) is 15.4 Å². The van der Waals surface area contributed by atoms with Crippen LogP contribution in [0.15, 0.2) is 18.2 Å². The molecule has 1 aliphatic heterocycles. The summed E-state index contributed by atoms with van der Waals surface area (Å²) in [6.07, 6.45) is 2.14. The number of hydrogen-bond donors (Lipinski definition) is 2. The van der Waals surface area contributed by atoms with Gasteiger partial charge in [0.2, 0.25) is 0 Å². The Hall–Kier alpha value is -2.12. The van der Waals surface area contributed by atoms with Gasteiger partial charge < -0.3 is 15.1 Å². The van der Waals surface area contributed by atoms with Crippen LogP contribution in [0.25, 0.3) is 0 Å². The van der Waals surface area contributed by atoms with E-state index in [-0.39, 0.29) is 5.91 Å². The highest BCUT2D eigenvalue weighted by molar-refractivity contribution is 6.33. The lowest BCUT2D eigenvalue weighted by Gasteiger charge is -2.34. The van der Waals surface area contributed by atoms with E-state index in [2.05, 4.69) is 37.6 Å². The number of hydrogen-bond acceptors (Lipinski definition) is 5. The van der Waals surface area contributed by atoms with Crippen molar-refractivity contribution in [3.8, 4) is 0 Å². The molecule has 1 aromatic heterocycles. The van der Waals surface area contributed by atoms with Crippen LogP contribution in [0.3, 0.4) is 0 Å². The molecule has 2 fully saturated rings. The third-order valence-electron chi connectivity index (χ3n) is 4.80. The number of amides is 1. The quantitative estimate of drug-likeness (QED) is 0.875. The number of aromatic nitrogens is 3. The van der Waals surface area contributed by atoms with Gasteiger partial charge in [-0.15, -0.1) is 0 Å². The van der Waals surface area contributed by atoms with Crippen LogP contribution in [-0.2, 0) is 0 Å². The van der Waals surface area contributed by atoms with Gasteiger partial charge in [0.1, 0.15) is 0 Å². The highest BCUT2D eigenvalue weighted by Crippen LogP contribution is 2.40. The fourth-order valence-electron chi connectivity index (χ4n) is 3.13. The van der Waals surface area contributed by atoms with Gasteiger partial charge in [0.05, 0.1) is 16.4 Å². The lowest BCUT2D eigenvalue weighted by molar-refractivity contribution is 0.102. The molecule has 0 unspecified atom stereocenters. The van der Waals surface area contributed by atoms with Crippen molar-refractivity contribution in [1.29, 1.82) is 0 Å². The number of piperazine rings is 1. The third kappa shape index (κ3) is 3.48. The molecule has 2 N–H and O–H groups in total. The molecule has 25 heavy (non-hydrogen) atoms. The minimum Gasteiger partial charge on any atom is -0.368 e. The summed E-state index contributed by atoms with van der Waals surface area (Å²) < 4.78 is 0. The summed E-state index contributed by atoms with van der Waals surface area (Å²) in [5.74, 6) is 0.113. The topological polar surface area (TPSA) is 77.1 Å². The van der Waals surface area contributed by atoms with Crippen molar-refractivity contribution in [2.45, 2.75) is 18.8 Å². The molecule has 8 heteroatoms. The van der Waals surface area contributed by atoms with Crippen LogP contribution in [0.5, 0.6) is 0 Å². The maximum atomic E-state index is 12.5. The van der Waals surface area contributed by atoms with E-state index in [9.17, 15) is 4.79 Å². The first-order chi connectivity index (χ1) is 12.1. The number of carbonyl (C=O) groups is 1. The average molecular weight is 361 g/mol. The molecule has 0 atom stereocenters. The van der Waals surface area contributed by atoms with Crippen molar-refractivity contribution in [1.82, 2.24) is 20.3 Å². The first-order valence-electron chi connectivity index (χ1n) is 8.57. The highest BCUT2D eigenvalue weighted by Gasteiger charge is 2.31. The van der Waals surface area contributed by atoms with Crippen LogP contribution >= 0.6 is 11.6 Å². The number of halogens is 1. The predicted molar refractivity (Wildman–Crippen MR) is 97.5 cm³/mol. The number of carbonyl (C=O) groups excluding carboxylic acids is 1. The summed E-state index contributed by atoms with van der Waals surface area (Å²) in [6, 6.07) is 5.65. The van der Waals surface area contributed by atoms with Crippen molar-refractivity contribution in [3.05, 3.63) is 34.6 Å². The van der Waals surface area contributed by atoms with Gasteiger partial charge in [0.25, 0.3) is 5.91 Å². The van der Waals surface area contributed by atoms with Gasteiger partial charge in [-0.3, -0.25) is 4.79 Å². The zero-order valence-corrected chi connectivity index (χ0v) is 14.9. The minimum absolute atomic E-state index is 0.251. The largest absolute Gasteiger partial charge is 0.368 e. The summed E-state index contributed by atoms with van der Waals surface area (Å²) in [7, 11) is 2.12. The number of aromatic amines is 1. The second-order valence-electron chi connectivity index (χ2n) is 6.74. The lowest BCUT2D eigenvalue weighted by Crippen LogP contribution is -2.44. The second kappa shape index (κ2) is 6.65. The SMILES string of the molecule is CN1CCN(c2ccc(NC(=O)c3n[nH]nc3C3CC3)cc2Cl)CC1. The zero-order chi connectivity index (χ0) is 17.4. The molecule has 1 aromatic carbocycles. The second-order valence-corrected chi connectivity index (χ2v) is 7.15. The molecule has 2 heterocycles. The van der Waals surface area contributed by atoms with Crippen molar-refractivity contribution in [3.63, 3.8) is 0 Å². The molecule has 4 rings (SSSR count). The molecule has 0 spiro atoms. The lowest BCUT2D eigenvalue weighted by atomic mass is 10.2. The van der Waals surface area contributed by atoms with Crippen molar-refractivity contribution in [2.75, 3.05) is 43.4 Å². The Bertz CT molecular complexity index is 779. The van der Waals surface area contributed by atoms with Crippen LogP contribution in [-0.4, -0.2) is 59.4 Å². The van der Waals surface area contributed by atoms with Crippen LogP contribution in [0.2, 0.25) is 5.02 Å². The highest BCUT2D eigenvalue weighted by atomic mass is 35.5. The molecule has 1 aliphatic carbocycles. The van der Waals surface area contributed by atoms with E-state index >= 15 is 0 Å². The maximum absolute atomic E-state index is 12.5. The molecule has 0 bridgehead atoms. The standard InChI is InChI=1S/C17H21ClN6O/c1-23-6-8-24(9-7-23)14-5-4-12(10-13(14)18)19-17(25)16-15(11-2-3-11)20-22-21-16/h4-5,10-11H,2-3,6-9H2,1H3,(H,19,25)(H,20,21,22). The smallest absolute Gasteiger partial charge is 0.278 e. The number of likely N-dealkylation sites (N-methyl/N-ethyl adjacent to an activating group) is 1. The van der Waals surface area contributed by atoms with E-state index < -0.39 is 0 Å². The van der Waals surface area contributed by atoms with Gasteiger partial charge in [-0.25, -0.2) is 0 Å². The Morgan fingerprint density at radius 1 is 1.24 bits per heavy atom. The van der Waals surface area contributed by atoms with Gasteiger partial charge in [-0.1, -0.05) is 11.6 Å². The predicted octanol–water partition coefficient (Wildman–Crippen LogP) is 2.34. The molecule has 1 saturated heterocycles. The summed E-state index contributed by atoms with van der Waals surface area (Å²) in [5.41, 5.74) is 2.81. The number of benzene rings is 1. The van der Waals surface area contributed by atoms with E-state index in [1.165, 1.54) is 0 Å². The van der Waals surface area contributed by atoms with Crippen molar-refractivity contribution >= 4 is 28.9 Å². The molecule has 1 saturated carbocycles. The molecule has 2 aromatic rings. The fourth-order valence-corrected chi connectivity index (χ4v) is 3.43. The van der Waals surface area contributed by atoms with E-state index in [4.69, 9.17) is 11.6 Å². The monoisotopic (exact) mass is 360 g/mol. The molecule has 7 nitrogen and oxygen atoms in total. The molecule has 132 valence electrons. The molecule has 0 radical (unpaired) electrons. The number of rotatable bonds is 4. The van der Waals surface area contributed by atoms with Gasteiger partial charge in [0, 0.05) is 37.8 Å². The van der Waals surface area contributed by atoms with Crippen molar-refractivity contribution < 1.29 is 4.79 Å². The molecule has 2 aliphatic rings. The van der Waals surface area contributed by atoms with Crippen LogP contribution in [0, 0.1) is 0 Å². The Morgan fingerprint density at radius 3 is 2.68 bits per heavy atom. The Kier molecular flexibility index (Phi) is 4.35. The van der Waals surface area contributed by atoms with Crippen LogP contribution < -0.4 is 10.2 Å². The third-order valence-corrected chi connectivity index (χ3v) is 5.11. The molecule has 1 amide bonds. The number of nitrogens with one attached hydrogen (secondary N) is 2. The number of nitrogens with zero attached hydrogens (tertiary/aromatic N) is 4. The molecular formula is C17H21ClN6O. The van der Waals surface area contributed by atoms with E-state index in [0.29, 0.717) is 22.3 Å². The minimum atomic E-state index is -0.251. The van der Waals surface area contributed by atoms with Gasteiger partial charge in [-0.05, 0) is 38.1 Å². The van der Waals surface area contributed by atoms with E-state index in [0.717, 1.165) is 50.4 Å². The van der Waals surface area contributed by atoms with E-state index in [1.807, 2.05) is 12.1 Å². The maximum Gasteiger partial charge on any atom is 0.278 e. The van der Waals surface area contributed by atoms with Crippen LogP contribution in [0.1, 0.15) is 34.9 Å². The first-order valence-corrected chi connectivity index (χ1v) is 8.94. The summed E-state index contributed by atoms with van der Waals surface area (Å²) in [4.78, 5) is 17.0. The zero-order valence-electron chi connectivity index (χ0n) is 14.1. The number of H-pyrrole nitrogens is 1.